The summed E-state index contributed by atoms with van der Waals surface area (Å²) in [6.45, 7) is 3.43. The lowest BCUT2D eigenvalue weighted by molar-refractivity contribution is 0.371. The lowest BCUT2D eigenvalue weighted by atomic mass is 9.99. The minimum atomic E-state index is 0.457. The Kier molecular flexibility index (Phi) is 5.02. The number of piperidine rings is 1. The van der Waals surface area contributed by atoms with Crippen LogP contribution in [0.25, 0.3) is 0 Å². The van der Waals surface area contributed by atoms with Gasteiger partial charge >= 0.3 is 0 Å². The van der Waals surface area contributed by atoms with Crippen LogP contribution in [0.2, 0.25) is 0 Å². The van der Waals surface area contributed by atoms with Crippen molar-refractivity contribution < 1.29 is 0 Å². The van der Waals surface area contributed by atoms with E-state index in [4.69, 9.17) is 0 Å². The molecule has 1 aromatic rings. The maximum atomic E-state index is 4.43. The number of nitrogens with one attached hydrogen (secondary N) is 2. The quantitative estimate of drug-likeness (QED) is 0.855. The van der Waals surface area contributed by atoms with Gasteiger partial charge < -0.3 is 15.5 Å². The Morgan fingerprint density at radius 2 is 2.32 bits per heavy atom. The topological polar surface area (TPSA) is 40.2 Å². The van der Waals surface area contributed by atoms with Crippen molar-refractivity contribution in [3.8, 4) is 0 Å². The van der Waals surface area contributed by atoms with Crippen LogP contribution < -0.4 is 15.5 Å². The number of aromatic nitrogens is 1. The van der Waals surface area contributed by atoms with Gasteiger partial charge in [-0.05, 0) is 44.9 Å². The minimum Gasteiger partial charge on any atom is -0.380 e. The summed E-state index contributed by atoms with van der Waals surface area (Å²) in [7, 11) is 4.06. The molecule has 2 rings (SSSR count). The highest BCUT2D eigenvalue weighted by Crippen LogP contribution is 2.22. The standard InChI is InChI=1S/C15H26N4/c1-12(11-13-7-4-5-9-16-13)18-14-8-6-10-17-15(14)19(2)3/h6,8,10,12-13,16,18H,4-5,7,9,11H2,1-3H3. The second-order valence-electron chi connectivity index (χ2n) is 5.70. The van der Waals surface area contributed by atoms with Crippen LogP contribution in [0.4, 0.5) is 11.5 Å². The largest absolute Gasteiger partial charge is 0.380 e. The van der Waals surface area contributed by atoms with E-state index in [0.717, 1.165) is 11.5 Å². The molecule has 2 unspecified atom stereocenters. The summed E-state index contributed by atoms with van der Waals surface area (Å²) in [4.78, 5) is 6.48. The van der Waals surface area contributed by atoms with Crippen molar-refractivity contribution in [3.05, 3.63) is 18.3 Å². The van der Waals surface area contributed by atoms with E-state index in [2.05, 4.69) is 28.6 Å². The smallest absolute Gasteiger partial charge is 0.151 e. The number of rotatable bonds is 5. The van der Waals surface area contributed by atoms with Gasteiger partial charge in [0.25, 0.3) is 0 Å². The summed E-state index contributed by atoms with van der Waals surface area (Å²) in [6.07, 6.45) is 7.00. The fraction of sp³-hybridized carbons (Fsp3) is 0.667. The highest BCUT2D eigenvalue weighted by Gasteiger charge is 2.16. The summed E-state index contributed by atoms with van der Waals surface area (Å²) in [5.41, 5.74) is 1.12. The molecule has 0 spiro atoms. The molecule has 1 aliphatic heterocycles. The first-order valence-corrected chi connectivity index (χ1v) is 7.29. The zero-order valence-corrected chi connectivity index (χ0v) is 12.3. The van der Waals surface area contributed by atoms with Crippen molar-refractivity contribution in [3.63, 3.8) is 0 Å². The van der Waals surface area contributed by atoms with Crippen molar-refractivity contribution in [2.75, 3.05) is 30.9 Å². The van der Waals surface area contributed by atoms with Gasteiger partial charge in [-0.1, -0.05) is 6.42 Å². The van der Waals surface area contributed by atoms with Gasteiger partial charge in [-0.3, -0.25) is 0 Å². The molecular weight excluding hydrogens is 236 g/mol. The maximum Gasteiger partial charge on any atom is 0.151 e. The molecule has 0 bridgehead atoms. The Bertz CT molecular complexity index is 385. The zero-order valence-electron chi connectivity index (χ0n) is 12.3. The predicted octanol–water partition coefficient (Wildman–Crippen LogP) is 2.48. The lowest BCUT2D eigenvalue weighted by Crippen LogP contribution is -2.37. The van der Waals surface area contributed by atoms with Gasteiger partial charge in [-0.15, -0.1) is 0 Å². The molecule has 0 amide bonds. The molecular formula is C15H26N4. The number of hydrogen-bond acceptors (Lipinski definition) is 4. The zero-order chi connectivity index (χ0) is 13.7. The lowest BCUT2D eigenvalue weighted by Gasteiger charge is -2.27. The van der Waals surface area contributed by atoms with Crippen LogP contribution >= 0.6 is 0 Å². The van der Waals surface area contributed by atoms with E-state index >= 15 is 0 Å². The number of nitrogens with zero attached hydrogens (tertiary/aromatic N) is 2. The SMILES string of the molecule is CC(CC1CCCCN1)Nc1cccnc1N(C)C. The molecule has 0 aromatic carbocycles. The van der Waals surface area contributed by atoms with Crippen LogP contribution in [0, 0.1) is 0 Å². The van der Waals surface area contributed by atoms with Crippen LogP contribution in [0.3, 0.4) is 0 Å². The monoisotopic (exact) mass is 262 g/mol. The fourth-order valence-electron chi connectivity index (χ4n) is 2.74. The molecule has 19 heavy (non-hydrogen) atoms. The maximum absolute atomic E-state index is 4.43. The first kappa shape index (κ1) is 14.1. The van der Waals surface area contributed by atoms with E-state index in [0.29, 0.717) is 12.1 Å². The van der Waals surface area contributed by atoms with Crippen LogP contribution in [0.15, 0.2) is 18.3 Å². The van der Waals surface area contributed by atoms with Gasteiger partial charge in [0.1, 0.15) is 0 Å². The van der Waals surface area contributed by atoms with Crippen molar-refractivity contribution in [2.24, 2.45) is 0 Å². The summed E-state index contributed by atoms with van der Waals surface area (Å²) in [6, 6.07) is 5.21. The van der Waals surface area contributed by atoms with E-state index in [-0.39, 0.29) is 0 Å². The molecule has 0 aliphatic carbocycles. The Balaban J connectivity index is 1.92. The third-order valence-corrected chi connectivity index (χ3v) is 3.66. The van der Waals surface area contributed by atoms with Gasteiger partial charge in [0.15, 0.2) is 5.82 Å². The summed E-state index contributed by atoms with van der Waals surface area (Å²) < 4.78 is 0. The third kappa shape index (κ3) is 4.10. The highest BCUT2D eigenvalue weighted by atomic mass is 15.2. The van der Waals surface area contributed by atoms with Crippen molar-refractivity contribution >= 4 is 11.5 Å². The molecule has 0 saturated carbocycles. The van der Waals surface area contributed by atoms with Gasteiger partial charge in [-0.25, -0.2) is 4.98 Å². The molecule has 4 heteroatoms. The molecule has 0 radical (unpaired) electrons. The average molecular weight is 262 g/mol. The average Bonchev–Trinajstić information content (AvgIpc) is 2.40. The molecule has 1 saturated heterocycles. The van der Waals surface area contributed by atoms with Crippen LogP contribution in [0.5, 0.6) is 0 Å². The second-order valence-corrected chi connectivity index (χ2v) is 5.70. The summed E-state index contributed by atoms with van der Waals surface area (Å²) in [5, 5.41) is 7.20. The molecule has 106 valence electrons. The Labute approximate surface area is 116 Å². The molecule has 2 atom stereocenters. The normalized spacial score (nSPS) is 20.9. The molecule has 1 aromatic heterocycles. The van der Waals surface area contributed by atoms with E-state index < -0.39 is 0 Å². The third-order valence-electron chi connectivity index (χ3n) is 3.66. The predicted molar refractivity (Wildman–Crippen MR) is 81.9 cm³/mol. The second kappa shape index (κ2) is 6.75. The molecule has 1 aliphatic rings. The summed E-state index contributed by atoms with van der Waals surface area (Å²) in [5.74, 6) is 1.01. The van der Waals surface area contributed by atoms with Crippen LogP contribution in [-0.4, -0.2) is 37.7 Å². The molecule has 4 nitrogen and oxygen atoms in total. The molecule has 2 N–H and O–H groups in total. The van der Waals surface area contributed by atoms with Gasteiger partial charge in [-0.2, -0.15) is 0 Å². The highest BCUT2D eigenvalue weighted by molar-refractivity contribution is 5.65. The summed E-state index contributed by atoms with van der Waals surface area (Å²) >= 11 is 0. The van der Waals surface area contributed by atoms with Crippen molar-refractivity contribution in [2.45, 2.75) is 44.7 Å². The van der Waals surface area contributed by atoms with Crippen molar-refractivity contribution in [1.82, 2.24) is 10.3 Å². The van der Waals surface area contributed by atoms with E-state index in [9.17, 15) is 0 Å². The van der Waals surface area contributed by atoms with E-state index in [1.165, 1.54) is 32.2 Å². The Morgan fingerprint density at radius 3 is 3.00 bits per heavy atom. The van der Waals surface area contributed by atoms with E-state index in [1.54, 1.807) is 0 Å². The van der Waals surface area contributed by atoms with Crippen LogP contribution in [0.1, 0.15) is 32.6 Å². The minimum absolute atomic E-state index is 0.457. The first-order chi connectivity index (χ1) is 9.16. The molecule has 2 heterocycles. The molecule has 1 fully saturated rings. The number of pyridine rings is 1. The Hall–Kier alpha value is -1.29. The number of anilines is 2. The Morgan fingerprint density at radius 1 is 1.47 bits per heavy atom. The van der Waals surface area contributed by atoms with E-state index in [1.807, 2.05) is 31.3 Å². The van der Waals surface area contributed by atoms with Gasteiger partial charge in [0.2, 0.25) is 0 Å². The van der Waals surface area contributed by atoms with Gasteiger partial charge in [0, 0.05) is 32.4 Å². The van der Waals surface area contributed by atoms with Crippen molar-refractivity contribution in [1.29, 1.82) is 0 Å². The number of hydrogen-bond donors (Lipinski definition) is 2. The first-order valence-electron chi connectivity index (χ1n) is 7.29. The van der Waals surface area contributed by atoms with Gasteiger partial charge in [0.05, 0.1) is 5.69 Å². The fourth-order valence-corrected chi connectivity index (χ4v) is 2.74. The van der Waals surface area contributed by atoms with Crippen LogP contribution in [-0.2, 0) is 0 Å².